The molecule has 5 nitrogen and oxygen atoms in total. The number of benzene rings is 3. The Hall–Kier alpha value is -3.60. The number of fused-ring (bicyclic) bond motifs is 2. The number of nitrogens with one attached hydrogen (secondary N) is 1. The maximum atomic E-state index is 12.2. The molecule has 2 heterocycles. The minimum absolute atomic E-state index is 0.0229. The van der Waals surface area contributed by atoms with E-state index in [2.05, 4.69) is 16.4 Å². The highest BCUT2D eigenvalue weighted by atomic mass is 16.3. The van der Waals surface area contributed by atoms with Crippen molar-refractivity contribution in [1.82, 2.24) is 14.9 Å². The monoisotopic (exact) mass is 355 g/mol. The van der Waals surface area contributed by atoms with Gasteiger partial charge in [0.2, 0.25) is 0 Å². The van der Waals surface area contributed by atoms with E-state index in [0.717, 1.165) is 45.4 Å². The molecule has 27 heavy (non-hydrogen) atoms. The van der Waals surface area contributed by atoms with Crippen LogP contribution in [0.1, 0.15) is 15.9 Å². The van der Waals surface area contributed by atoms with Crippen LogP contribution in [-0.4, -0.2) is 27.1 Å². The summed E-state index contributed by atoms with van der Waals surface area (Å²) in [5, 5.41) is 14.5. The molecule has 1 aliphatic rings. The lowest BCUT2D eigenvalue weighted by molar-refractivity contribution is 0.0946. The fourth-order valence-corrected chi connectivity index (χ4v) is 3.65. The number of hydrogen-bond acceptors (Lipinski definition) is 3. The summed E-state index contributed by atoms with van der Waals surface area (Å²) in [6, 6.07) is 17.3. The number of phenols is 1. The molecule has 0 saturated carbocycles. The number of aromatic hydroxyl groups is 1. The van der Waals surface area contributed by atoms with Crippen LogP contribution in [0.3, 0.4) is 0 Å². The summed E-state index contributed by atoms with van der Waals surface area (Å²) >= 11 is 0. The summed E-state index contributed by atoms with van der Waals surface area (Å²) in [4.78, 5) is 16.7. The second-order valence-corrected chi connectivity index (χ2v) is 6.71. The molecule has 0 radical (unpaired) electrons. The normalized spacial score (nSPS) is 13.4. The molecule has 0 unspecified atom stereocenters. The minimum Gasteiger partial charge on any atom is -0.508 e. The number of rotatable bonds is 2. The Morgan fingerprint density at radius 2 is 1.85 bits per heavy atom. The van der Waals surface area contributed by atoms with Crippen LogP contribution in [-0.2, 0) is 6.42 Å². The van der Waals surface area contributed by atoms with E-state index >= 15 is 0 Å². The number of amides is 1. The molecular formula is C22H17N3O2. The van der Waals surface area contributed by atoms with Crippen molar-refractivity contribution in [3.05, 3.63) is 78.1 Å². The first-order valence-electron chi connectivity index (χ1n) is 8.87. The lowest BCUT2D eigenvalue weighted by Gasteiger charge is -2.18. The summed E-state index contributed by atoms with van der Waals surface area (Å²) in [5.74, 6) is 1.04. The molecule has 0 atom stereocenters. The smallest absolute Gasteiger partial charge is 0.251 e. The van der Waals surface area contributed by atoms with Gasteiger partial charge >= 0.3 is 0 Å². The predicted molar refractivity (Wildman–Crippen MR) is 104 cm³/mol. The Bertz CT molecular complexity index is 1190. The van der Waals surface area contributed by atoms with Gasteiger partial charge in [-0.3, -0.25) is 9.36 Å². The molecule has 1 aromatic heterocycles. The van der Waals surface area contributed by atoms with E-state index in [1.807, 2.05) is 47.2 Å². The zero-order valence-corrected chi connectivity index (χ0v) is 14.5. The Kier molecular flexibility index (Phi) is 3.47. The molecule has 3 aromatic carbocycles. The van der Waals surface area contributed by atoms with Crippen LogP contribution in [0.25, 0.3) is 27.8 Å². The molecule has 0 saturated heterocycles. The predicted octanol–water partition coefficient (Wildman–Crippen LogP) is 3.68. The highest BCUT2D eigenvalue weighted by Gasteiger charge is 2.18. The van der Waals surface area contributed by atoms with Crippen LogP contribution in [0.4, 0.5) is 0 Å². The van der Waals surface area contributed by atoms with E-state index in [4.69, 9.17) is 0 Å². The van der Waals surface area contributed by atoms with Gasteiger partial charge < -0.3 is 10.4 Å². The number of hydrogen-bond donors (Lipinski definition) is 2. The number of carbonyl (C=O) groups is 1. The third-order valence-corrected chi connectivity index (χ3v) is 5.02. The first-order chi connectivity index (χ1) is 13.2. The van der Waals surface area contributed by atoms with E-state index in [1.165, 1.54) is 0 Å². The van der Waals surface area contributed by atoms with Gasteiger partial charge in [0.25, 0.3) is 5.91 Å². The van der Waals surface area contributed by atoms with Crippen molar-refractivity contribution < 1.29 is 9.90 Å². The molecule has 0 spiro atoms. The molecule has 132 valence electrons. The molecule has 5 heteroatoms. The maximum absolute atomic E-state index is 12.2. The first kappa shape index (κ1) is 15.6. The second kappa shape index (κ2) is 5.99. The summed E-state index contributed by atoms with van der Waals surface area (Å²) in [7, 11) is 0. The van der Waals surface area contributed by atoms with Crippen molar-refractivity contribution >= 4 is 16.7 Å². The van der Waals surface area contributed by atoms with Gasteiger partial charge in [0.15, 0.2) is 0 Å². The van der Waals surface area contributed by atoms with Crippen LogP contribution in [0.5, 0.6) is 5.75 Å². The van der Waals surface area contributed by atoms with Crippen molar-refractivity contribution in [2.24, 2.45) is 0 Å². The molecule has 0 bridgehead atoms. The van der Waals surface area contributed by atoms with Gasteiger partial charge in [0.05, 0.1) is 0 Å². The second-order valence-electron chi connectivity index (χ2n) is 6.71. The topological polar surface area (TPSA) is 67.2 Å². The van der Waals surface area contributed by atoms with E-state index in [-0.39, 0.29) is 11.7 Å². The van der Waals surface area contributed by atoms with Crippen molar-refractivity contribution in [2.45, 2.75) is 6.42 Å². The van der Waals surface area contributed by atoms with Crippen molar-refractivity contribution in [3.8, 4) is 22.8 Å². The zero-order valence-electron chi connectivity index (χ0n) is 14.5. The summed E-state index contributed by atoms with van der Waals surface area (Å²) < 4.78 is 1.99. The Morgan fingerprint density at radius 3 is 2.78 bits per heavy atom. The van der Waals surface area contributed by atoms with Gasteiger partial charge in [0, 0.05) is 35.8 Å². The number of phenolic OH excluding ortho intramolecular Hbond substituents is 1. The molecule has 4 aromatic rings. The van der Waals surface area contributed by atoms with Crippen molar-refractivity contribution in [2.75, 3.05) is 6.54 Å². The lowest BCUT2D eigenvalue weighted by Crippen LogP contribution is -2.31. The van der Waals surface area contributed by atoms with E-state index in [0.29, 0.717) is 6.54 Å². The number of imidazole rings is 1. The quantitative estimate of drug-likeness (QED) is 0.576. The van der Waals surface area contributed by atoms with Gasteiger partial charge in [-0.05, 0) is 53.1 Å². The van der Waals surface area contributed by atoms with Gasteiger partial charge in [0.1, 0.15) is 11.6 Å². The number of carbonyl (C=O) groups excluding carboxylic acids is 1. The fraction of sp³-hybridized carbons (Fsp3) is 0.0909. The van der Waals surface area contributed by atoms with Gasteiger partial charge in [-0.25, -0.2) is 4.98 Å². The standard InChI is InChI=1S/C22H17N3O2/c26-19-6-4-15-11-17(2-1-16(15)12-19)21-23-9-10-25(21)18-5-3-14-7-8-24-22(27)20(14)13-18/h1-6,9-13,26H,7-8H2,(H,24,27). The number of nitrogens with zero attached hydrogens (tertiary/aromatic N) is 2. The molecular weight excluding hydrogens is 338 g/mol. The summed E-state index contributed by atoms with van der Waals surface area (Å²) in [6.07, 6.45) is 4.52. The fourth-order valence-electron chi connectivity index (χ4n) is 3.65. The molecule has 1 aliphatic heterocycles. The van der Waals surface area contributed by atoms with Crippen LogP contribution in [0, 0.1) is 0 Å². The van der Waals surface area contributed by atoms with E-state index in [9.17, 15) is 9.90 Å². The average molecular weight is 355 g/mol. The highest BCUT2D eigenvalue weighted by molar-refractivity contribution is 5.97. The van der Waals surface area contributed by atoms with Gasteiger partial charge in [-0.15, -0.1) is 0 Å². The first-order valence-corrected chi connectivity index (χ1v) is 8.87. The molecule has 0 fully saturated rings. The van der Waals surface area contributed by atoms with Crippen molar-refractivity contribution in [3.63, 3.8) is 0 Å². The van der Waals surface area contributed by atoms with Crippen LogP contribution >= 0.6 is 0 Å². The summed E-state index contributed by atoms with van der Waals surface area (Å²) in [5.41, 5.74) is 3.69. The molecule has 0 aliphatic carbocycles. The van der Waals surface area contributed by atoms with Gasteiger partial charge in [-0.1, -0.05) is 24.3 Å². The van der Waals surface area contributed by atoms with E-state index in [1.54, 1.807) is 18.3 Å². The van der Waals surface area contributed by atoms with Crippen LogP contribution < -0.4 is 5.32 Å². The lowest BCUT2D eigenvalue weighted by atomic mass is 9.99. The van der Waals surface area contributed by atoms with E-state index < -0.39 is 0 Å². The largest absolute Gasteiger partial charge is 0.508 e. The molecule has 2 N–H and O–H groups in total. The zero-order chi connectivity index (χ0) is 18.4. The van der Waals surface area contributed by atoms with Crippen LogP contribution in [0.2, 0.25) is 0 Å². The average Bonchev–Trinajstić information content (AvgIpc) is 3.17. The maximum Gasteiger partial charge on any atom is 0.251 e. The highest BCUT2D eigenvalue weighted by Crippen LogP contribution is 2.28. The van der Waals surface area contributed by atoms with Crippen LogP contribution in [0.15, 0.2) is 67.0 Å². The Morgan fingerprint density at radius 1 is 1.00 bits per heavy atom. The number of aromatic nitrogens is 2. The third-order valence-electron chi connectivity index (χ3n) is 5.02. The summed E-state index contributed by atoms with van der Waals surface area (Å²) in [6.45, 7) is 0.689. The Labute approximate surface area is 155 Å². The Balaban J connectivity index is 1.61. The SMILES string of the molecule is O=C1NCCc2ccc(-n3ccnc3-c3ccc4cc(O)ccc4c3)cc21. The molecule has 5 rings (SSSR count). The minimum atomic E-state index is -0.0229. The molecule has 1 amide bonds. The third kappa shape index (κ3) is 2.64. The van der Waals surface area contributed by atoms with Gasteiger partial charge in [-0.2, -0.15) is 0 Å². The van der Waals surface area contributed by atoms with Crippen molar-refractivity contribution in [1.29, 1.82) is 0 Å².